The van der Waals surface area contributed by atoms with Gasteiger partial charge in [0.15, 0.2) is 0 Å². The minimum absolute atomic E-state index is 0.141. The molecule has 4 rings (SSSR count). The first-order valence-electron chi connectivity index (χ1n) is 8.44. The van der Waals surface area contributed by atoms with Crippen LogP contribution in [0.3, 0.4) is 0 Å². The summed E-state index contributed by atoms with van der Waals surface area (Å²) in [5.74, 6) is 0.330. The molecular weight excluding hydrogens is 353 g/mol. The number of aromatic nitrogens is 2. The Morgan fingerprint density at radius 2 is 1.92 bits per heavy atom. The maximum absolute atomic E-state index is 13.9. The zero-order valence-corrected chi connectivity index (χ0v) is 14.8. The standard InChI is InChI=1S/C20H17ClFN3O/c21-15-7-5-13(6-8-15)19-23-18-9-10-25(12-16(18)20(26)24-19)11-14-3-1-2-4-17(14)22/h1-8H,9-12H2,(H,23,24,26). The number of aromatic amines is 1. The molecule has 3 aromatic rings. The highest BCUT2D eigenvalue weighted by molar-refractivity contribution is 6.30. The molecule has 0 atom stereocenters. The third-order valence-corrected chi connectivity index (χ3v) is 4.87. The van der Waals surface area contributed by atoms with E-state index in [2.05, 4.69) is 14.9 Å². The molecule has 0 bridgehead atoms. The van der Waals surface area contributed by atoms with Crippen LogP contribution in [0.2, 0.25) is 5.02 Å². The van der Waals surface area contributed by atoms with Crippen molar-refractivity contribution in [1.29, 1.82) is 0 Å². The Balaban J connectivity index is 1.59. The van der Waals surface area contributed by atoms with Gasteiger partial charge in [-0.05, 0) is 30.3 Å². The van der Waals surface area contributed by atoms with Crippen molar-refractivity contribution in [1.82, 2.24) is 14.9 Å². The second kappa shape index (κ2) is 7.02. The van der Waals surface area contributed by atoms with Gasteiger partial charge in [0.25, 0.3) is 5.56 Å². The number of hydrogen-bond donors (Lipinski definition) is 1. The predicted molar refractivity (Wildman–Crippen MR) is 99.5 cm³/mol. The molecule has 1 N–H and O–H groups in total. The molecule has 2 aromatic carbocycles. The van der Waals surface area contributed by atoms with Crippen LogP contribution in [0.4, 0.5) is 4.39 Å². The molecule has 26 heavy (non-hydrogen) atoms. The lowest BCUT2D eigenvalue weighted by molar-refractivity contribution is 0.238. The highest BCUT2D eigenvalue weighted by Crippen LogP contribution is 2.21. The topological polar surface area (TPSA) is 49.0 Å². The van der Waals surface area contributed by atoms with Crippen molar-refractivity contribution in [2.75, 3.05) is 6.54 Å². The van der Waals surface area contributed by atoms with Gasteiger partial charge < -0.3 is 4.98 Å². The summed E-state index contributed by atoms with van der Waals surface area (Å²) in [5, 5.41) is 0.637. The fourth-order valence-corrected chi connectivity index (χ4v) is 3.35. The predicted octanol–water partition coefficient (Wildman–Crippen LogP) is 3.79. The molecule has 0 fully saturated rings. The number of H-pyrrole nitrogens is 1. The van der Waals surface area contributed by atoms with Crippen molar-refractivity contribution in [2.24, 2.45) is 0 Å². The average Bonchev–Trinajstić information content (AvgIpc) is 2.64. The molecule has 0 radical (unpaired) electrons. The summed E-state index contributed by atoms with van der Waals surface area (Å²) < 4.78 is 13.9. The monoisotopic (exact) mass is 369 g/mol. The van der Waals surface area contributed by atoms with Crippen LogP contribution in [0.1, 0.15) is 16.8 Å². The molecular formula is C20H17ClFN3O. The fraction of sp³-hybridized carbons (Fsp3) is 0.200. The number of benzene rings is 2. The number of fused-ring (bicyclic) bond motifs is 1. The van der Waals surface area contributed by atoms with Crippen molar-refractivity contribution in [3.63, 3.8) is 0 Å². The van der Waals surface area contributed by atoms with Crippen molar-refractivity contribution in [3.8, 4) is 11.4 Å². The first-order chi connectivity index (χ1) is 12.6. The van der Waals surface area contributed by atoms with Crippen molar-refractivity contribution in [3.05, 3.63) is 86.5 Å². The SMILES string of the molecule is O=c1[nH]c(-c2ccc(Cl)cc2)nc2c1CN(Cc1ccccc1F)CC2. The Morgan fingerprint density at radius 1 is 1.15 bits per heavy atom. The van der Waals surface area contributed by atoms with E-state index in [0.717, 1.165) is 17.8 Å². The Labute approximate surface area is 155 Å². The van der Waals surface area contributed by atoms with Crippen molar-refractivity contribution in [2.45, 2.75) is 19.5 Å². The van der Waals surface area contributed by atoms with Crippen molar-refractivity contribution >= 4 is 11.6 Å². The van der Waals surface area contributed by atoms with E-state index in [4.69, 9.17) is 11.6 Å². The van der Waals surface area contributed by atoms with Crippen LogP contribution in [-0.4, -0.2) is 21.4 Å². The number of hydrogen-bond acceptors (Lipinski definition) is 3. The van der Waals surface area contributed by atoms with Crippen LogP contribution in [-0.2, 0) is 19.5 Å². The minimum atomic E-state index is -0.219. The molecule has 0 spiro atoms. The lowest BCUT2D eigenvalue weighted by atomic mass is 10.1. The maximum atomic E-state index is 13.9. The molecule has 0 saturated heterocycles. The second-order valence-corrected chi connectivity index (χ2v) is 6.84. The molecule has 2 heterocycles. The van der Waals surface area contributed by atoms with Gasteiger partial charge in [0.1, 0.15) is 11.6 Å². The Kier molecular flexibility index (Phi) is 4.57. The highest BCUT2D eigenvalue weighted by Gasteiger charge is 2.22. The molecule has 1 aliphatic heterocycles. The van der Waals surface area contributed by atoms with E-state index in [1.807, 2.05) is 18.2 Å². The lowest BCUT2D eigenvalue weighted by Crippen LogP contribution is -2.35. The van der Waals surface area contributed by atoms with Gasteiger partial charge in [-0.3, -0.25) is 9.69 Å². The molecule has 0 amide bonds. The number of rotatable bonds is 3. The van der Waals surface area contributed by atoms with Crippen LogP contribution >= 0.6 is 11.6 Å². The van der Waals surface area contributed by atoms with Crippen LogP contribution in [0.5, 0.6) is 0 Å². The molecule has 1 aliphatic rings. The first-order valence-corrected chi connectivity index (χ1v) is 8.82. The smallest absolute Gasteiger partial charge is 0.255 e. The second-order valence-electron chi connectivity index (χ2n) is 6.40. The minimum Gasteiger partial charge on any atom is -0.306 e. The van der Waals surface area contributed by atoms with Gasteiger partial charge in [-0.15, -0.1) is 0 Å². The van der Waals surface area contributed by atoms with E-state index >= 15 is 0 Å². The molecule has 0 saturated carbocycles. The van der Waals surface area contributed by atoms with Crippen LogP contribution in [0.25, 0.3) is 11.4 Å². The number of nitrogens with zero attached hydrogens (tertiary/aromatic N) is 2. The first kappa shape index (κ1) is 16.9. The summed E-state index contributed by atoms with van der Waals surface area (Å²) >= 11 is 5.91. The zero-order chi connectivity index (χ0) is 18.1. The van der Waals surface area contributed by atoms with E-state index in [0.29, 0.717) is 41.5 Å². The summed E-state index contributed by atoms with van der Waals surface area (Å²) in [7, 11) is 0. The zero-order valence-electron chi connectivity index (χ0n) is 14.0. The molecule has 0 unspecified atom stereocenters. The third kappa shape index (κ3) is 3.41. The molecule has 1 aromatic heterocycles. The van der Waals surface area contributed by atoms with Gasteiger partial charge in [0.05, 0.1) is 11.3 Å². The number of nitrogens with one attached hydrogen (secondary N) is 1. The molecule has 4 nitrogen and oxygen atoms in total. The highest BCUT2D eigenvalue weighted by atomic mass is 35.5. The maximum Gasteiger partial charge on any atom is 0.255 e. The van der Waals surface area contributed by atoms with E-state index in [1.54, 1.807) is 24.3 Å². The van der Waals surface area contributed by atoms with E-state index in [9.17, 15) is 9.18 Å². The van der Waals surface area contributed by atoms with Gasteiger partial charge in [0.2, 0.25) is 0 Å². The number of halogens is 2. The largest absolute Gasteiger partial charge is 0.306 e. The van der Waals surface area contributed by atoms with E-state index in [1.165, 1.54) is 6.07 Å². The summed E-state index contributed by atoms with van der Waals surface area (Å²) in [4.78, 5) is 22.1. The summed E-state index contributed by atoms with van der Waals surface area (Å²) in [6.45, 7) is 1.68. The van der Waals surface area contributed by atoms with E-state index < -0.39 is 0 Å². The van der Waals surface area contributed by atoms with Gasteiger partial charge >= 0.3 is 0 Å². The van der Waals surface area contributed by atoms with Gasteiger partial charge in [-0.1, -0.05) is 29.8 Å². The molecule has 6 heteroatoms. The Hall–Kier alpha value is -2.50. The quantitative estimate of drug-likeness (QED) is 0.764. The normalized spacial score (nSPS) is 14.2. The van der Waals surface area contributed by atoms with Crippen LogP contribution < -0.4 is 5.56 Å². The fourth-order valence-electron chi connectivity index (χ4n) is 3.23. The molecule has 0 aliphatic carbocycles. The Morgan fingerprint density at radius 3 is 2.69 bits per heavy atom. The summed E-state index contributed by atoms with van der Waals surface area (Å²) in [6, 6.07) is 13.9. The van der Waals surface area contributed by atoms with Gasteiger partial charge in [-0.25, -0.2) is 9.37 Å². The van der Waals surface area contributed by atoms with Gasteiger partial charge in [0, 0.05) is 42.2 Å². The summed E-state index contributed by atoms with van der Waals surface area (Å²) in [5.41, 5.74) is 2.79. The van der Waals surface area contributed by atoms with Crippen LogP contribution in [0.15, 0.2) is 53.3 Å². The Bertz CT molecular complexity index is 1000. The van der Waals surface area contributed by atoms with Gasteiger partial charge in [-0.2, -0.15) is 0 Å². The van der Waals surface area contributed by atoms with Crippen molar-refractivity contribution < 1.29 is 4.39 Å². The van der Waals surface area contributed by atoms with E-state index in [-0.39, 0.29) is 11.4 Å². The lowest BCUT2D eigenvalue weighted by Gasteiger charge is -2.27. The third-order valence-electron chi connectivity index (χ3n) is 4.62. The summed E-state index contributed by atoms with van der Waals surface area (Å²) in [6.07, 6.45) is 0.661. The molecule has 132 valence electrons. The average molecular weight is 370 g/mol. The van der Waals surface area contributed by atoms with Crippen LogP contribution in [0, 0.1) is 5.82 Å².